The molecular weight excluding hydrogens is 378 g/mol. The van der Waals surface area contributed by atoms with Gasteiger partial charge in [0.25, 0.3) is 5.56 Å². The average molecular weight is 410 g/mol. The van der Waals surface area contributed by atoms with Gasteiger partial charge in [0.2, 0.25) is 5.91 Å². The van der Waals surface area contributed by atoms with E-state index >= 15 is 0 Å². The second-order valence-electron chi connectivity index (χ2n) is 8.34. The van der Waals surface area contributed by atoms with Crippen LogP contribution in [-0.4, -0.2) is 50.8 Å². The summed E-state index contributed by atoms with van der Waals surface area (Å²) in [6.07, 6.45) is 6.71. The lowest BCUT2D eigenvalue weighted by atomic mass is 10.0. The highest BCUT2D eigenvalue weighted by atomic mass is 16.1. The van der Waals surface area contributed by atoms with Gasteiger partial charge in [-0.15, -0.1) is 0 Å². The third-order valence-electron chi connectivity index (χ3n) is 6.31. The highest BCUT2D eigenvalue weighted by Gasteiger charge is 2.18. The molecule has 1 aliphatic rings. The van der Waals surface area contributed by atoms with Crippen molar-refractivity contribution in [3.63, 3.8) is 0 Å². The van der Waals surface area contributed by atoms with Gasteiger partial charge in [-0.3, -0.25) is 14.5 Å². The molecule has 0 bridgehead atoms. The Balaban J connectivity index is 1.38. The molecule has 4 rings (SSSR count). The monoisotopic (exact) mass is 409 g/mol. The zero-order valence-electron chi connectivity index (χ0n) is 17.9. The maximum Gasteiger partial charge on any atom is 0.291 e. The lowest BCUT2D eigenvalue weighted by Gasteiger charge is -2.33. The van der Waals surface area contributed by atoms with Crippen molar-refractivity contribution in [1.82, 2.24) is 24.6 Å². The number of likely N-dealkylation sites (tertiary alicyclic amines) is 1. The smallest absolute Gasteiger partial charge is 0.291 e. The zero-order chi connectivity index (χ0) is 21.1. The molecule has 1 aliphatic heterocycles. The van der Waals surface area contributed by atoms with Crippen molar-refractivity contribution in [1.29, 1.82) is 0 Å². The Morgan fingerprint density at radius 3 is 2.87 bits per heavy atom. The molecule has 7 nitrogen and oxygen atoms in total. The van der Waals surface area contributed by atoms with E-state index in [4.69, 9.17) is 0 Å². The van der Waals surface area contributed by atoms with Crippen molar-refractivity contribution < 1.29 is 4.79 Å². The normalized spacial score (nSPS) is 17.6. The number of nitrogens with zero attached hydrogens (tertiary/aromatic N) is 4. The molecule has 7 heteroatoms. The third kappa shape index (κ3) is 4.12. The van der Waals surface area contributed by atoms with E-state index in [9.17, 15) is 9.59 Å². The number of nitrogens with one attached hydrogen (secondary N) is 1. The molecule has 3 heterocycles. The molecule has 0 unspecified atom stereocenters. The van der Waals surface area contributed by atoms with Crippen LogP contribution >= 0.6 is 0 Å². The standard InChI is InChI=1S/C23H31N5O2/c1-17-8-5-6-13-27(17)15-12-24-21(29)11-7-14-28-20-10-4-3-9-18(20)19-16-25-26(2)23(30)22(19)28/h3-4,9-10,16-17H,5-8,11-15H2,1-2H3,(H,24,29)/t17-/m0/s1. The number of amides is 1. The number of fused-ring (bicyclic) bond motifs is 3. The summed E-state index contributed by atoms with van der Waals surface area (Å²) in [6, 6.07) is 8.60. The van der Waals surface area contributed by atoms with Gasteiger partial charge in [0.05, 0.1) is 6.20 Å². The van der Waals surface area contributed by atoms with E-state index in [0.29, 0.717) is 37.5 Å². The summed E-state index contributed by atoms with van der Waals surface area (Å²) in [5, 5.41) is 9.13. The van der Waals surface area contributed by atoms with Gasteiger partial charge < -0.3 is 9.88 Å². The van der Waals surface area contributed by atoms with Crippen LogP contribution in [0.5, 0.6) is 0 Å². The Hall–Kier alpha value is -2.67. The summed E-state index contributed by atoms with van der Waals surface area (Å²) < 4.78 is 3.41. The van der Waals surface area contributed by atoms with Gasteiger partial charge in [-0.05, 0) is 38.8 Å². The molecule has 1 N–H and O–H groups in total. The highest BCUT2D eigenvalue weighted by molar-refractivity contribution is 6.07. The minimum Gasteiger partial charge on any atom is -0.355 e. The number of carbonyl (C=O) groups excluding carboxylic acids is 1. The molecule has 0 aliphatic carbocycles. The largest absolute Gasteiger partial charge is 0.355 e. The van der Waals surface area contributed by atoms with Gasteiger partial charge in [-0.1, -0.05) is 24.6 Å². The van der Waals surface area contributed by atoms with E-state index in [1.165, 1.54) is 23.9 Å². The Morgan fingerprint density at radius 1 is 1.20 bits per heavy atom. The first-order valence-electron chi connectivity index (χ1n) is 11.0. The second-order valence-corrected chi connectivity index (χ2v) is 8.34. The number of para-hydroxylation sites is 1. The maximum absolute atomic E-state index is 12.7. The van der Waals surface area contributed by atoms with E-state index in [0.717, 1.165) is 29.4 Å². The first-order chi connectivity index (χ1) is 14.6. The highest BCUT2D eigenvalue weighted by Crippen LogP contribution is 2.26. The predicted molar refractivity (Wildman–Crippen MR) is 120 cm³/mol. The molecule has 1 atom stereocenters. The van der Waals surface area contributed by atoms with Crippen LogP contribution in [0.25, 0.3) is 21.8 Å². The van der Waals surface area contributed by atoms with Gasteiger partial charge in [-0.2, -0.15) is 5.10 Å². The second kappa shape index (κ2) is 9.00. The summed E-state index contributed by atoms with van der Waals surface area (Å²) in [4.78, 5) is 27.5. The molecule has 2 aromatic heterocycles. The molecule has 0 saturated carbocycles. The number of hydrogen-bond donors (Lipinski definition) is 1. The molecule has 0 radical (unpaired) electrons. The number of hydrogen-bond acceptors (Lipinski definition) is 4. The Kier molecular flexibility index (Phi) is 6.18. The summed E-state index contributed by atoms with van der Waals surface area (Å²) in [6.45, 7) is 5.65. The molecule has 1 fully saturated rings. The first-order valence-corrected chi connectivity index (χ1v) is 11.0. The maximum atomic E-state index is 12.7. The molecular formula is C23H31N5O2. The van der Waals surface area contributed by atoms with Crippen LogP contribution < -0.4 is 10.9 Å². The minimum atomic E-state index is -0.108. The molecule has 1 amide bonds. The molecule has 3 aromatic rings. The van der Waals surface area contributed by atoms with E-state index < -0.39 is 0 Å². The van der Waals surface area contributed by atoms with Gasteiger partial charge in [-0.25, -0.2) is 4.68 Å². The van der Waals surface area contributed by atoms with Crippen molar-refractivity contribution in [3.05, 3.63) is 40.8 Å². The SMILES string of the molecule is C[C@H]1CCCCN1CCNC(=O)CCCn1c2ccccc2c2cnn(C)c(=O)c21. The van der Waals surface area contributed by atoms with Crippen molar-refractivity contribution in [2.75, 3.05) is 19.6 Å². The Bertz CT molecular complexity index is 1100. The summed E-state index contributed by atoms with van der Waals surface area (Å²) in [7, 11) is 1.67. The molecule has 30 heavy (non-hydrogen) atoms. The van der Waals surface area contributed by atoms with Gasteiger partial charge in [0, 0.05) is 55.4 Å². The number of aromatic nitrogens is 3. The van der Waals surface area contributed by atoms with E-state index in [-0.39, 0.29) is 11.5 Å². The summed E-state index contributed by atoms with van der Waals surface area (Å²) in [5.74, 6) is 0.0787. The number of piperidine rings is 1. The van der Waals surface area contributed by atoms with E-state index in [2.05, 4.69) is 22.2 Å². The molecule has 0 spiro atoms. The van der Waals surface area contributed by atoms with Crippen LogP contribution in [-0.2, 0) is 18.4 Å². The molecule has 1 saturated heterocycles. The topological polar surface area (TPSA) is 72.2 Å². The van der Waals surface area contributed by atoms with Gasteiger partial charge in [0.1, 0.15) is 5.52 Å². The lowest BCUT2D eigenvalue weighted by Crippen LogP contribution is -2.42. The number of benzene rings is 1. The van der Waals surface area contributed by atoms with Crippen molar-refractivity contribution in [3.8, 4) is 0 Å². The minimum absolute atomic E-state index is 0.0787. The summed E-state index contributed by atoms with van der Waals surface area (Å²) in [5.41, 5.74) is 1.56. The van der Waals surface area contributed by atoms with Crippen LogP contribution in [0.4, 0.5) is 0 Å². The zero-order valence-corrected chi connectivity index (χ0v) is 17.9. The number of carbonyl (C=O) groups is 1. The van der Waals surface area contributed by atoms with Crippen LogP contribution in [0.2, 0.25) is 0 Å². The van der Waals surface area contributed by atoms with Crippen molar-refractivity contribution >= 4 is 27.7 Å². The average Bonchev–Trinajstić information content (AvgIpc) is 3.07. The first kappa shape index (κ1) is 20.6. The van der Waals surface area contributed by atoms with Crippen LogP contribution in [0.3, 0.4) is 0 Å². The van der Waals surface area contributed by atoms with Gasteiger partial charge >= 0.3 is 0 Å². The van der Waals surface area contributed by atoms with Gasteiger partial charge in [0.15, 0.2) is 0 Å². The van der Waals surface area contributed by atoms with Crippen LogP contribution in [0.15, 0.2) is 35.3 Å². The van der Waals surface area contributed by atoms with Crippen molar-refractivity contribution in [2.45, 2.75) is 51.6 Å². The predicted octanol–water partition coefficient (Wildman–Crippen LogP) is 2.66. The van der Waals surface area contributed by atoms with E-state index in [1.807, 2.05) is 28.8 Å². The van der Waals surface area contributed by atoms with E-state index in [1.54, 1.807) is 13.2 Å². The summed E-state index contributed by atoms with van der Waals surface area (Å²) >= 11 is 0. The number of rotatable bonds is 7. The molecule has 1 aromatic carbocycles. The number of aryl methyl sites for hydroxylation is 2. The van der Waals surface area contributed by atoms with Crippen LogP contribution in [0.1, 0.15) is 39.0 Å². The fraction of sp³-hybridized carbons (Fsp3) is 0.522. The molecule has 160 valence electrons. The fourth-order valence-electron chi connectivity index (χ4n) is 4.59. The Morgan fingerprint density at radius 2 is 2.03 bits per heavy atom. The fourth-order valence-corrected chi connectivity index (χ4v) is 4.59. The van der Waals surface area contributed by atoms with Crippen LogP contribution in [0, 0.1) is 0 Å². The third-order valence-corrected chi connectivity index (χ3v) is 6.31. The lowest BCUT2D eigenvalue weighted by molar-refractivity contribution is -0.121. The quantitative estimate of drug-likeness (QED) is 0.651. The van der Waals surface area contributed by atoms with Crippen molar-refractivity contribution in [2.24, 2.45) is 7.05 Å². The Labute approximate surface area is 176 Å².